The van der Waals surface area contributed by atoms with Crippen molar-refractivity contribution in [1.29, 1.82) is 0 Å². The van der Waals surface area contributed by atoms with Crippen LogP contribution in [0.1, 0.15) is 24.2 Å². The molecule has 0 amide bonds. The summed E-state index contributed by atoms with van der Waals surface area (Å²) in [6.07, 6.45) is -1.43. The zero-order valence-electron chi connectivity index (χ0n) is 10.7. The topological polar surface area (TPSA) is 65.0 Å². The van der Waals surface area contributed by atoms with Crippen molar-refractivity contribution in [2.45, 2.75) is 20.0 Å². The Morgan fingerprint density at radius 1 is 1.53 bits per heavy atom. The minimum atomic E-state index is -1.43. The monoisotopic (exact) mass is 286 g/mol. The second kappa shape index (κ2) is 5.67. The third kappa shape index (κ3) is 2.62. The lowest BCUT2D eigenvalue weighted by Crippen LogP contribution is -2.19. The van der Waals surface area contributed by atoms with Crippen LogP contribution >= 0.6 is 11.6 Å². The highest BCUT2D eigenvalue weighted by Crippen LogP contribution is 2.41. The summed E-state index contributed by atoms with van der Waals surface area (Å²) in [5, 5.41) is 10.3. The number of ether oxygens (including phenoxy) is 3. The third-order valence-corrected chi connectivity index (χ3v) is 3.33. The molecular formula is C13H15ClO5. The van der Waals surface area contributed by atoms with E-state index in [9.17, 15) is 9.90 Å². The number of hydrogen-bond donors (Lipinski definition) is 1. The maximum Gasteiger partial charge on any atom is 0.339 e. The highest BCUT2D eigenvalue weighted by Gasteiger charge is 2.27. The van der Waals surface area contributed by atoms with Crippen LogP contribution in [0.2, 0.25) is 5.02 Å². The molecule has 1 heterocycles. The highest BCUT2D eigenvalue weighted by atomic mass is 35.5. The predicted octanol–water partition coefficient (Wildman–Crippen LogP) is 2.02. The van der Waals surface area contributed by atoms with Gasteiger partial charge in [0, 0.05) is 11.1 Å². The Morgan fingerprint density at radius 3 is 2.89 bits per heavy atom. The molecule has 1 aromatic carbocycles. The molecule has 5 nitrogen and oxygen atoms in total. The Morgan fingerprint density at radius 2 is 2.21 bits per heavy atom. The number of halogens is 1. The first-order valence-electron chi connectivity index (χ1n) is 5.99. The van der Waals surface area contributed by atoms with Gasteiger partial charge in [0.15, 0.2) is 17.6 Å². The van der Waals surface area contributed by atoms with E-state index >= 15 is 0 Å². The van der Waals surface area contributed by atoms with Crippen molar-refractivity contribution in [3.05, 3.63) is 22.2 Å². The lowest BCUT2D eigenvalue weighted by molar-refractivity contribution is -0.153. The fourth-order valence-electron chi connectivity index (χ4n) is 1.90. The van der Waals surface area contributed by atoms with Crippen molar-refractivity contribution >= 4 is 17.6 Å². The van der Waals surface area contributed by atoms with Crippen molar-refractivity contribution in [3.63, 3.8) is 0 Å². The molecule has 0 fully saturated rings. The van der Waals surface area contributed by atoms with E-state index in [1.54, 1.807) is 13.8 Å². The number of carbonyl (C=O) groups is 1. The van der Waals surface area contributed by atoms with Crippen LogP contribution in [0.15, 0.2) is 6.07 Å². The van der Waals surface area contributed by atoms with E-state index in [1.807, 2.05) is 0 Å². The fourth-order valence-corrected chi connectivity index (χ4v) is 2.14. The standard InChI is InChI=1S/C13H15ClO5/c1-3-17-13(16)11(15)8-6-9-12(7(2)10(8)14)19-5-4-18-9/h6,11,15H,3-5H2,1-2H3. The average Bonchev–Trinajstić information content (AvgIpc) is 2.42. The summed E-state index contributed by atoms with van der Waals surface area (Å²) < 4.78 is 15.7. The number of aliphatic hydroxyl groups is 1. The molecule has 1 aliphatic rings. The number of carbonyl (C=O) groups excluding carboxylic acids is 1. The smallest absolute Gasteiger partial charge is 0.339 e. The molecule has 1 unspecified atom stereocenters. The van der Waals surface area contributed by atoms with Gasteiger partial charge >= 0.3 is 5.97 Å². The molecule has 0 spiro atoms. The highest BCUT2D eigenvalue weighted by molar-refractivity contribution is 6.32. The van der Waals surface area contributed by atoms with Gasteiger partial charge in [-0.3, -0.25) is 0 Å². The molecular weight excluding hydrogens is 272 g/mol. The predicted molar refractivity (Wildman–Crippen MR) is 68.8 cm³/mol. The van der Waals surface area contributed by atoms with Gasteiger partial charge in [-0.1, -0.05) is 11.6 Å². The zero-order chi connectivity index (χ0) is 14.0. The van der Waals surface area contributed by atoms with Crippen LogP contribution in [0.5, 0.6) is 11.5 Å². The molecule has 0 aromatic heterocycles. The van der Waals surface area contributed by atoms with E-state index in [0.29, 0.717) is 30.3 Å². The van der Waals surface area contributed by atoms with Crippen LogP contribution < -0.4 is 9.47 Å². The van der Waals surface area contributed by atoms with Crippen LogP contribution in [0, 0.1) is 6.92 Å². The molecule has 0 saturated carbocycles. The maximum atomic E-state index is 11.6. The number of aliphatic hydroxyl groups excluding tert-OH is 1. The van der Waals surface area contributed by atoms with Gasteiger partial charge in [0.2, 0.25) is 0 Å². The number of hydrogen-bond acceptors (Lipinski definition) is 5. The minimum absolute atomic E-state index is 0.192. The fraction of sp³-hybridized carbons (Fsp3) is 0.462. The van der Waals surface area contributed by atoms with Gasteiger partial charge in [0.05, 0.1) is 11.6 Å². The van der Waals surface area contributed by atoms with Gasteiger partial charge in [0.1, 0.15) is 13.2 Å². The maximum absolute atomic E-state index is 11.6. The van der Waals surface area contributed by atoms with E-state index in [1.165, 1.54) is 6.07 Å². The SMILES string of the molecule is CCOC(=O)C(O)c1cc2c(c(C)c1Cl)OCCO2. The molecule has 19 heavy (non-hydrogen) atoms. The molecule has 6 heteroatoms. The summed E-state index contributed by atoms with van der Waals surface area (Å²) >= 11 is 6.17. The first-order chi connectivity index (χ1) is 9.06. The molecule has 0 bridgehead atoms. The Labute approximate surface area is 116 Å². The number of esters is 1. The summed E-state index contributed by atoms with van der Waals surface area (Å²) in [5.41, 5.74) is 0.902. The van der Waals surface area contributed by atoms with Crippen LogP contribution in [0.3, 0.4) is 0 Å². The molecule has 104 valence electrons. The van der Waals surface area contributed by atoms with Gasteiger partial charge < -0.3 is 19.3 Å². The minimum Gasteiger partial charge on any atom is -0.486 e. The van der Waals surface area contributed by atoms with Gasteiger partial charge in [-0.25, -0.2) is 4.79 Å². The summed E-state index contributed by atoms with van der Waals surface area (Å²) in [6, 6.07) is 1.52. The number of rotatable bonds is 3. The third-order valence-electron chi connectivity index (χ3n) is 2.83. The van der Waals surface area contributed by atoms with Crippen molar-refractivity contribution in [3.8, 4) is 11.5 Å². The van der Waals surface area contributed by atoms with Crippen molar-refractivity contribution in [2.24, 2.45) is 0 Å². The molecule has 0 saturated heterocycles. The molecule has 2 rings (SSSR count). The van der Waals surface area contributed by atoms with E-state index in [2.05, 4.69) is 0 Å². The number of benzene rings is 1. The van der Waals surface area contributed by atoms with E-state index < -0.39 is 12.1 Å². The van der Waals surface area contributed by atoms with Gasteiger partial charge in [-0.05, 0) is 19.9 Å². The van der Waals surface area contributed by atoms with Gasteiger partial charge in [-0.2, -0.15) is 0 Å². The second-order valence-electron chi connectivity index (χ2n) is 4.08. The lowest BCUT2D eigenvalue weighted by Gasteiger charge is -2.23. The Balaban J connectivity index is 2.41. The van der Waals surface area contributed by atoms with Gasteiger partial charge in [-0.15, -0.1) is 0 Å². The summed E-state index contributed by atoms with van der Waals surface area (Å²) in [4.78, 5) is 11.6. The summed E-state index contributed by atoms with van der Waals surface area (Å²) in [7, 11) is 0. The molecule has 0 aliphatic carbocycles. The number of fused-ring (bicyclic) bond motifs is 1. The first kappa shape index (κ1) is 14.0. The Hall–Kier alpha value is -1.46. The van der Waals surface area contributed by atoms with Crippen LogP contribution in [0.25, 0.3) is 0 Å². The molecule has 1 aromatic rings. The molecule has 0 radical (unpaired) electrons. The molecule has 1 atom stereocenters. The van der Waals surface area contributed by atoms with Crippen molar-refractivity contribution in [1.82, 2.24) is 0 Å². The first-order valence-corrected chi connectivity index (χ1v) is 6.37. The Bertz CT molecular complexity index is 500. The largest absolute Gasteiger partial charge is 0.486 e. The zero-order valence-corrected chi connectivity index (χ0v) is 11.5. The van der Waals surface area contributed by atoms with Crippen LogP contribution in [0.4, 0.5) is 0 Å². The molecule has 1 aliphatic heterocycles. The summed E-state index contributed by atoms with van der Waals surface area (Å²) in [5.74, 6) is 0.294. The average molecular weight is 287 g/mol. The van der Waals surface area contributed by atoms with E-state index in [4.69, 9.17) is 25.8 Å². The van der Waals surface area contributed by atoms with E-state index in [0.717, 1.165) is 0 Å². The normalized spacial score (nSPS) is 14.9. The van der Waals surface area contributed by atoms with E-state index in [-0.39, 0.29) is 17.2 Å². The van der Waals surface area contributed by atoms with Crippen molar-refractivity contribution < 1.29 is 24.1 Å². The second-order valence-corrected chi connectivity index (χ2v) is 4.46. The molecule has 1 N–H and O–H groups in total. The van der Waals surface area contributed by atoms with Crippen LogP contribution in [-0.4, -0.2) is 30.9 Å². The Kier molecular flexibility index (Phi) is 4.17. The van der Waals surface area contributed by atoms with Crippen molar-refractivity contribution in [2.75, 3.05) is 19.8 Å². The quantitative estimate of drug-likeness (QED) is 0.861. The summed E-state index contributed by atoms with van der Waals surface area (Å²) in [6.45, 7) is 4.47. The lowest BCUT2D eigenvalue weighted by atomic mass is 10.0. The van der Waals surface area contributed by atoms with Gasteiger partial charge in [0.25, 0.3) is 0 Å². The van der Waals surface area contributed by atoms with Crippen LogP contribution in [-0.2, 0) is 9.53 Å².